The fourth-order valence-electron chi connectivity index (χ4n) is 5.00. The van der Waals surface area contributed by atoms with Crippen molar-refractivity contribution in [2.75, 3.05) is 5.75 Å². The van der Waals surface area contributed by atoms with Crippen LogP contribution in [0.15, 0.2) is 80.6 Å². The van der Waals surface area contributed by atoms with E-state index in [4.69, 9.17) is 4.99 Å². The lowest BCUT2D eigenvalue weighted by molar-refractivity contribution is 0.377. The first kappa shape index (κ1) is 21.0. The lowest BCUT2D eigenvalue weighted by Gasteiger charge is -2.40. The molecule has 1 aliphatic carbocycles. The number of allylic oxidation sites excluding steroid dienone is 2. The van der Waals surface area contributed by atoms with E-state index in [0.29, 0.717) is 0 Å². The summed E-state index contributed by atoms with van der Waals surface area (Å²) in [5.41, 5.74) is 6.88. The average molecular weight is 491 g/mol. The first-order valence-electron chi connectivity index (χ1n) is 11.2. The van der Waals surface area contributed by atoms with Crippen molar-refractivity contribution in [1.29, 1.82) is 0 Å². The molecule has 0 N–H and O–H groups in total. The summed E-state index contributed by atoms with van der Waals surface area (Å²) in [6.45, 7) is 7.06. The number of fused-ring (bicyclic) bond motifs is 4. The molecule has 3 aromatic carbocycles. The monoisotopic (exact) mass is 489 g/mol. The van der Waals surface area contributed by atoms with Crippen molar-refractivity contribution in [3.05, 3.63) is 86.7 Å². The molecule has 0 bridgehead atoms. The van der Waals surface area contributed by atoms with E-state index in [9.17, 15) is 0 Å². The number of rotatable bonds is 4. The van der Waals surface area contributed by atoms with Crippen LogP contribution in [-0.4, -0.2) is 11.5 Å². The second kappa shape index (κ2) is 8.26. The fraction of sp³-hybridized carbons (Fsp3) is 0.321. The molecular weight excluding hydrogens is 462 g/mol. The first-order valence-corrected chi connectivity index (χ1v) is 13.0. The molecule has 1 heterocycles. The lowest BCUT2D eigenvalue weighted by atomic mass is 9.69. The van der Waals surface area contributed by atoms with Crippen LogP contribution in [0.3, 0.4) is 0 Å². The Bertz CT molecular complexity index is 1200. The SMILES string of the molecule is CCCSC1=C2C(=Nc3c(ccc4ccccc34)C2c2ccc(Br)cc2)CC(C)(C)C1. The van der Waals surface area contributed by atoms with Crippen molar-refractivity contribution in [3.8, 4) is 0 Å². The van der Waals surface area contributed by atoms with Crippen LogP contribution in [0.4, 0.5) is 5.69 Å². The molecule has 0 radical (unpaired) electrons. The maximum absolute atomic E-state index is 5.38. The van der Waals surface area contributed by atoms with Gasteiger partial charge in [0.15, 0.2) is 0 Å². The van der Waals surface area contributed by atoms with E-state index in [1.165, 1.54) is 51.0 Å². The van der Waals surface area contributed by atoms with Crippen molar-refractivity contribution >= 4 is 49.9 Å². The summed E-state index contributed by atoms with van der Waals surface area (Å²) in [5.74, 6) is 1.41. The Labute approximate surface area is 198 Å². The molecule has 0 saturated carbocycles. The molecule has 1 nitrogen and oxygen atoms in total. The zero-order chi connectivity index (χ0) is 21.6. The van der Waals surface area contributed by atoms with Crippen molar-refractivity contribution in [2.24, 2.45) is 10.4 Å². The molecule has 0 spiro atoms. The van der Waals surface area contributed by atoms with E-state index in [2.05, 4.69) is 109 Å². The van der Waals surface area contributed by atoms with Gasteiger partial charge in [0.2, 0.25) is 0 Å². The third kappa shape index (κ3) is 3.91. The zero-order valence-electron chi connectivity index (χ0n) is 18.4. The number of hydrogen-bond donors (Lipinski definition) is 0. The fourth-order valence-corrected chi connectivity index (χ4v) is 6.60. The quantitative estimate of drug-likeness (QED) is 0.355. The molecule has 0 fully saturated rings. The second-order valence-corrected chi connectivity index (χ2v) is 11.6. The summed E-state index contributed by atoms with van der Waals surface area (Å²) in [6.07, 6.45) is 3.37. The summed E-state index contributed by atoms with van der Waals surface area (Å²) in [6, 6.07) is 22.2. The van der Waals surface area contributed by atoms with Gasteiger partial charge in [-0.1, -0.05) is 85.2 Å². The van der Waals surface area contributed by atoms with Gasteiger partial charge in [-0.25, -0.2) is 0 Å². The Morgan fingerprint density at radius 2 is 1.77 bits per heavy atom. The van der Waals surface area contributed by atoms with E-state index in [1.54, 1.807) is 4.91 Å². The van der Waals surface area contributed by atoms with Crippen LogP contribution in [0, 0.1) is 5.41 Å². The molecule has 3 heteroatoms. The Balaban J connectivity index is 1.81. The van der Waals surface area contributed by atoms with Crippen LogP contribution in [-0.2, 0) is 0 Å². The largest absolute Gasteiger partial charge is 0.252 e. The minimum Gasteiger partial charge on any atom is -0.252 e. The summed E-state index contributed by atoms with van der Waals surface area (Å²) in [4.78, 5) is 6.92. The molecule has 1 atom stereocenters. The lowest BCUT2D eigenvalue weighted by Crippen LogP contribution is -2.30. The van der Waals surface area contributed by atoms with Crippen LogP contribution in [0.5, 0.6) is 0 Å². The van der Waals surface area contributed by atoms with Crippen molar-refractivity contribution < 1.29 is 0 Å². The number of nitrogens with zero attached hydrogens (tertiary/aromatic N) is 1. The third-order valence-corrected chi connectivity index (χ3v) is 8.21. The highest BCUT2D eigenvalue weighted by molar-refractivity contribution is 9.10. The predicted octanol–water partition coefficient (Wildman–Crippen LogP) is 9.04. The van der Waals surface area contributed by atoms with Crippen molar-refractivity contribution in [1.82, 2.24) is 0 Å². The Morgan fingerprint density at radius 1 is 1.00 bits per heavy atom. The summed E-state index contributed by atoms with van der Waals surface area (Å²) in [5, 5.41) is 2.53. The van der Waals surface area contributed by atoms with E-state index >= 15 is 0 Å². The predicted molar refractivity (Wildman–Crippen MR) is 140 cm³/mol. The molecule has 3 aromatic rings. The van der Waals surface area contributed by atoms with Gasteiger partial charge in [-0.2, -0.15) is 0 Å². The second-order valence-electron chi connectivity index (χ2n) is 9.47. The normalized spacial score (nSPS) is 19.7. The molecule has 5 rings (SSSR count). The summed E-state index contributed by atoms with van der Waals surface area (Å²) in [7, 11) is 0. The van der Waals surface area contributed by atoms with Gasteiger partial charge in [-0.15, -0.1) is 11.8 Å². The number of aliphatic imine (C=N–C) groups is 1. The van der Waals surface area contributed by atoms with E-state index in [1.807, 2.05) is 0 Å². The van der Waals surface area contributed by atoms with Gasteiger partial charge in [0, 0.05) is 21.5 Å². The number of benzene rings is 3. The Hall–Kier alpha value is -1.84. The molecule has 31 heavy (non-hydrogen) atoms. The Kier molecular flexibility index (Phi) is 5.60. The van der Waals surface area contributed by atoms with Gasteiger partial charge in [-0.05, 0) is 69.6 Å². The number of hydrogen-bond acceptors (Lipinski definition) is 2. The van der Waals surface area contributed by atoms with Crippen molar-refractivity contribution in [2.45, 2.75) is 46.0 Å². The van der Waals surface area contributed by atoms with Gasteiger partial charge >= 0.3 is 0 Å². The average Bonchev–Trinajstić information content (AvgIpc) is 2.76. The summed E-state index contributed by atoms with van der Waals surface area (Å²) < 4.78 is 1.12. The van der Waals surface area contributed by atoms with E-state index in [-0.39, 0.29) is 11.3 Å². The van der Waals surface area contributed by atoms with E-state index < -0.39 is 0 Å². The maximum Gasteiger partial charge on any atom is 0.0753 e. The van der Waals surface area contributed by atoms with Gasteiger partial charge in [0.05, 0.1) is 5.69 Å². The van der Waals surface area contributed by atoms with Gasteiger partial charge in [-0.3, -0.25) is 4.99 Å². The molecule has 0 aromatic heterocycles. The van der Waals surface area contributed by atoms with Crippen LogP contribution >= 0.6 is 27.7 Å². The zero-order valence-corrected chi connectivity index (χ0v) is 20.8. The molecule has 1 aliphatic heterocycles. The third-order valence-electron chi connectivity index (χ3n) is 6.36. The first-order chi connectivity index (χ1) is 15.0. The number of halogens is 1. The van der Waals surface area contributed by atoms with Crippen LogP contribution < -0.4 is 0 Å². The number of thioether (sulfide) groups is 1. The minimum atomic E-state index is 0.241. The smallest absolute Gasteiger partial charge is 0.0753 e. The van der Waals surface area contributed by atoms with Gasteiger partial charge in [0.25, 0.3) is 0 Å². The highest BCUT2D eigenvalue weighted by Gasteiger charge is 2.39. The van der Waals surface area contributed by atoms with E-state index in [0.717, 1.165) is 17.3 Å². The molecule has 1 unspecified atom stereocenters. The highest BCUT2D eigenvalue weighted by atomic mass is 79.9. The Morgan fingerprint density at radius 3 is 2.55 bits per heavy atom. The molecule has 2 aliphatic rings. The molecule has 158 valence electrons. The summed E-state index contributed by atoms with van der Waals surface area (Å²) >= 11 is 5.68. The maximum atomic E-state index is 5.38. The van der Waals surface area contributed by atoms with Crippen LogP contribution in [0.2, 0.25) is 0 Å². The molecule has 0 amide bonds. The van der Waals surface area contributed by atoms with Gasteiger partial charge < -0.3 is 0 Å². The topological polar surface area (TPSA) is 12.4 Å². The van der Waals surface area contributed by atoms with Crippen molar-refractivity contribution in [3.63, 3.8) is 0 Å². The van der Waals surface area contributed by atoms with Crippen LogP contribution in [0.25, 0.3) is 10.8 Å². The molecular formula is C28H28BrNS. The highest BCUT2D eigenvalue weighted by Crippen LogP contribution is 2.53. The standard InChI is InChI=1S/C28H28BrNS/c1-4-15-31-24-17-28(2,3)16-23-26(24)25(19-9-12-20(29)13-10-19)22-14-11-18-7-5-6-8-21(18)27(22)30-23/h5-14,25H,4,15-17H2,1-3H3. The minimum absolute atomic E-state index is 0.241. The van der Waals surface area contributed by atoms with Gasteiger partial charge in [0.1, 0.15) is 0 Å². The van der Waals surface area contributed by atoms with Crippen LogP contribution in [0.1, 0.15) is 57.1 Å². The molecule has 0 saturated heterocycles.